The molecule has 37 heavy (non-hydrogen) atoms. The highest BCUT2D eigenvalue weighted by molar-refractivity contribution is 14.1. The van der Waals surface area contributed by atoms with Gasteiger partial charge in [-0.25, -0.2) is 13.2 Å². The number of ether oxygens (including phenoxy) is 2. The van der Waals surface area contributed by atoms with Crippen LogP contribution in [0.2, 0.25) is 0 Å². The summed E-state index contributed by atoms with van der Waals surface area (Å²) in [6.45, 7) is 11.9. The molecular weight excluding hydrogens is 611 g/mol. The van der Waals surface area contributed by atoms with Gasteiger partial charge in [0.15, 0.2) is 11.0 Å². The Labute approximate surface area is 231 Å². The Balaban J connectivity index is 2.07. The van der Waals surface area contributed by atoms with Crippen molar-refractivity contribution >= 4 is 44.3 Å². The zero-order chi connectivity index (χ0) is 27.7. The van der Waals surface area contributed by atoms with E-state index >= 15 is 0 Å². The van der Waals surface area contributed by atoms with Crippen LogP contribution in [0, 0.1) is 27.5 Å². The maximum absolute atomic E-state index is 13.5. The fraction of sp³-hybridized carbons (Fsp3) is 0.500. The molecule has 1 heterocycles. The molecule has 1 atom stereocenters. The molecule has 1 aliphatic heterocycles. The average molecular weight is 645 g/mol. The van der Waals surface area contributed by atoms with Gasteiger partial charge >= 0.3 is 5.97 Å². The first-order valence-electron chi connectivity index (χ1n) is 12.1. The number of fused-ring (bicyclic) bond motifs is 1. The van der Waals surface area contributed by atoms with Crippen LogP contribution in [0.1, 0.15) is 61.6 Å². The van der Waals surface area contributed by atoms with Gasteiger partial charge in [0.25, 0.3) is 5.69 Å². The highest BCUT2D eigenvalue weighted by atomic mass is 127. The summed E-state index contributed by atoms with van der Waals surface area (Å²) >= 11 is 2.23. The Kier molecular flexibility index (Phi) is 9.03. The van der Waals surface area contributed by atoms with E-state index < -0.39 is 38.3 Å². The van der Waals surface area contributed by atoms with Crippen molar-refractivity contribution in [2.45, 2.75) is 71.0 Å². The molecule has 0 unspecified atom stereocenters. The fourth-order valence-electron chi connectivity index (χ4n) is 4.69. The zero-order valence-corrected chi connectivity index (χ0v) is 24.9. The van der Waals surface area contributed by atoms with E-state index in [0.717, 1.165) is 31.4 Å². The quantitative estimate of drug-likeness (QED) is 0.180. The first-order chi connectivity index (χ1) is 17.2. The number of carbonyl (C=O) groups excluding carboxylic acids is 1. The summed E-state index contributed by atoms with van der Waals surface area (Å²) in [7, 11) is -4.09. The maximum atomic E-state index is 13.5. The van der Waals surface area contributed by atoms with Crippen molar-refractivity contribution < 1.29 is 27.6 Å². The van der Waals surface area contributed by atoms with Crippen LogP contribution in [0.4, 0.5) is 5.69 Å². The SMILES string of the molecule is CCOC(=O)[C@@H](OC(C)(C)C)c1c(C)c2c(c(C)c1I)CCN(S(=O)(=O)c1ccccc1[N+](=O)[O-])CC2. The number of nitro benzene ring substituents is 1. The van der Waals surface area contributed by atoms with Crippen LogP contribution in [0.15, 0.2) is 29.2 Å². The second-order valence-corrected chi connectivity index (χ2v) is 12.9. The predicted molar refractivity (Wildman–Crippen MR) is 148 cm³/mol. The lowest BCUT2D eigenvalue weighted by Crippen LogP contribution is -2.33. The molecule has 0 spiro atoms. The Morgan fingerprint density at radius 3 is 2.24 bits per heavy atom. The number of benzene rings is 2. The van der Waals surface area contributed by atoms with Crippen LogP contribution in [0.25, 0.3) is 0 Å². The molecule has 202 valence electrons. The molecule has 0 bridgehead atoms. The summed E-state index contributed by atoms with van der Waals surface area (Å²) in [4.78, 5) is 23.5. The van der Waals surface area contributed by atoms with Gasteiger partial charge in [0.05, 0.1) is 17.1 Å². The molecule has 0 saturated heterocycles. The van der Waals surface area contributed by atoms with E-state index in [2.05, 4.69) is 22.6 Å². The van der Waals surface area contributed by atoms with Crippen LogP contribution >= 0.6 is 22.6 Å². The molecule has 0 amide bonds. The Morgan fingerprint density at radius 1 is 1.14 bits per heavy atom. The molecule has 2 aromatic rings. The van der Waals surface area contributed by atoms with E-state index in [1.165, 1.54) is 28.6 Å². The third kappa shape index (κ3) is 6.15. The van der Waals surface area contributed by atoms with Gasteiger partial charge in [-0.3, -0.25) is 10.1 Å². The lowest BCUT2D eigenvalue weighted by Gasteiger charge is -2.30. The molecule has 9 nitrogen and oxygen atoms in total. The average Bonchev–Trinajstić information content (AvgIpc) is 3.05. The number of para-hydroxylation sites is 1. The molecule has 1 aliphatic rings. The van der Waals surface area contributed by atoms with Crippen molar-refractivity contribution in [1.82, 2.24) is 4.31 Å². The van der Waals surface area contributed by atoms with Crippen LogP contribution in [-0.2, 0) is 37.1 Å². The normalized spacial score (nSPS) is 15.5. The van der Waals surface area contributed by atoms with E-state index in [-0.39, 0.29) is 24.6 Å². The van der Waals surface area contributed by atoms with Crippen LogP contribution in [-0.4, -0.2) is 48.9 Å². The van der Waals surface area contributed by atoms with E-state index in [1.54, 1.807) is 6.92 Å². The monoisotopic (exact) mass is 644 g/mol. The summed E-state index contributed by atoms with van der Waals surface area (Å²) in [5.74, 6) is -0.466. The zero-order valence-electron chi connectivity index (χ0n) is 22.0. The van der Waals surface area contributed by atoms with Gasteiger partial charge in [0, 0.05) is 28.3 Å². The molecule has 0 N–H and O–H groups in total. The Bertz CT molecular complexity index is 1320. The standard InChI is InChI=1S/C26H33IN2O7S/c1-7-35-25(30)24(36-26(4,5)6)22-16(2)18-12-14-28(15-13-19(18)17(3)23(22)27)37(33,34)21-11-9-8-10-20(21)29(31)32/h8-11,24H,7,12-15H2,1-6H3/t24-/m0/s1. The second kappa shape index (κ2) is 11.3. The third-order valence-corrected chi connectivity index (χ3v) is 9.71. The summed E-state index contributed by atoms with van der Waals surface area (Å²) in [5, 5.41) is 11.5. The number of nitro groups is 1. The smallest absolute Gasteiger partial charge is 0.340 e. The molecule has 3 rings (SSSR count). The highest BCUT2D eigenvalue weighted by Gasteiger charge is 2.36. The van der Waals surface area contributed by atoms with Gasteiger partial charge in [-0.2, -0.15) is 4.31 Å². The Morgan fingerprint density at radius 2 is 1.70 bits per heavy atom. The molecule has 0 saturated carbocycles. The van der Waals surface area contributed by atoms with Gasteiger partial charge in [-0.15, -0.1) is 0 Å². The molecular formula is C26H33IN2O7S. The van der Waals surface area contributed by atoms with Crippen molar-refractivity contribution in [3.8, 4) is 0 Å². The molecule has 0 aromatic heterocycles. The molecule has 11 heteroatoms. The minimum absolute atomic E-state index is 0.159. The number of carbonyl (C=O) groups is 1. The van der Waals surface area contributed by atoms with Crippen molar-refractivity contribution in [1.29, 1.82) is 0 Å². The molecule has 0 fully saturated rings. The first-order valence-corrected chi connectivity index (χ1v) is 14.6. The number of rotatable bonds is 7. The van der Waals surface area contributed by atoms with Gasteiger partial charge in [0.1, 0.15) is 0 Å². The van der Waals surface area contributed by atoms with E-state index in [9.17, 15) is 23.3 Å². The highest BCUT2D eigenvalue weighted by Crippen LogP contribution is 2.39. The largest absolute Gasteiger partial charge is 0.464 e. The summed E-state index contributed by atoms with van der Waals surface area (Å²) in [5.41, 5.74) is 3.53. The number of hydrogen-bond donors (Lipinski definition) is 0. The molecule has 2 aromatic carbocycles. The topological polar surface area (TPSA) is 116 Å². The van der Waals surface area contributed by atoms with Crippen molar-refractivity contribution in [2.75, 3.05) is 19.7 Å². The summed E-state index contributed by atoms with van der Waals surface area (Å²) < 4.78 is 40.7. The number of esters is 1. The predicted octanol–water partition coefficient (Wildman–Crippen LogP) is 5.03. The van der Waals surface area contributed by atoms with E-state index in [1.807, 2.05) is 34.6 Å². The Hall–Kier alpha value is -2.09. The number of hydrogen-bond acceptors (Lipinski definition) is 7. The second-order valence-electron chi connectivity index (χ2n) is 9.93. The summed E-state index contributed by atoms with van der Waals surface area (Å²) in [6.07, 6.45) is -0.0787. The lowest BCUT2D eigenvalue weighted by atomic mass is 9.88. The van der Waals surface area contributed by atoms with E-state index in [4.69, 9.17) is 9.47 Å². The van der Waals surface area contributed by atoms with Crippen LogP contribution < -0.4 is 0 Å². The van der Waals surface area contributed by atoms with Crippen LogP contribution in [0.3, 0.4) is 0 Å². The van der Waals surface area contributed by atoms with Gasteiger partial charge in [0.2, 0.25) is 10.0 Å². The molecule has 0 aliphatic carbocycles. The molecule has 0 radical (unpaired) electrons. The van der Waals surface area contributed by atoms with Gasteiger partial charge < -0.3 is 9.47 Å². The summed E-state index contributed by atoms with van der Waals surface area (Å²) in [6, 6.07) is 5.41. The van der Waals surface area contributed by atoms with Crippen molar-refractivity contribution in [3.63, 3.8) is 0 Å². The maximum Gasteiger partial charge on any atom is 0.340 e. The number of halogens is 1. The van der Waals surface area contributed by atoms with E-state index in [0.29, 0.717) is 12.8 Å². The third-order valence-electron chi connectivity index (χ3n) is 6.38. The van der Waals surface area contributed by atoms with Gasteiger partial charge in [-0.05, 0) is 105 Å². The number of nitrogens with zero attached hydrogens (tertiary/aromatic N) is 2. The first kappa shape index (κ1) is 29.5. The van der Waals surface area contributed by atoms with Gasteiger partial charge in [-0.1, -0.05) is 12.1 Å². The van der Waals surface area contributed by atoms with Crippen LogP contribution in [0.5, 0.6) is 0 Å². The minimum atomic E-state index is -4.09. The van der Waals surface area contributed by atoms with Crippen molar-refractivity contribution in [3.05, 3.63) is 65.8 Å². The fourth-order valence-corrected chi connectivity index (χ4v) is 7.30. The lowest BCUT2D eigenvalue weighted by molar-refractivity contribution is -0.387. The minimum Gasteiger partial charge on any atom is -0.464 e. The number of sulfonamides is 1. The van der Waals surface area contributed by atoms with Crippen molar-refractivity contribution in [2.24, 2.45) is 0 Å².